The molecule has 0 aliphatic carbocycles. The Kier molecular flexibility index (Phi) is 5.29. The molecule has 7 nitrogen and oxygen atoms in total. The number of nitrogens with zero attached hydrogens (tertiary/aromatic N) is 4. The Morgan fingerprint density at radius 3 is 2.68 bits per heavy atom. The lowest BCUT2D eigenvalue weighted by Crippen LogP contribution is -2.24. The Balaban J connectivity index is 3.07. The summed E-state index contributed by atoms with van der Waals surface area (Å²) in [6, 6.07) is 0. The van der Waals surface area contributed by atoms with Crippen molar-refractivity contribution < 1.29 is 10.0 Å². The van der Waals surface area contributed by atoms with Crippen molar-refractivity contribution in [2.24, 2.45) is 7.05 Å². The predicted octanol–water partition coefficient (Wildman–Crippen LogP) is 1.49. The minimum Gasteiger partial charge on any atom is -0.393 e. The molecule has 0 saturated carbocycles. The van der Waals surface area contributed by atoms with Gasteiger partial charge in [-0.15, -0.1) is 0 Å². The molecule has 0 bridgehead atoms. The van der Waals surface area contributed by atoms with Crippen LogP contribution in [0.2, 0.25) is 0 Å². The Hall–Kier alpha value is -1.63. The zero-order chi connectivity index (χ0) is 14.6. The lowest BCUT2D eigenvalue weighted by atomic mass is 10.2. The van der Waals surface area contributed by atoms with Crippen molar-refractivity contribution in [2.75, 3.05) is 18.5 Å². The van der Waals surface area contributed by atoms with E-state index >= 15 is 0 Å². The summed E-state index contributed by atoms with van der Waals surface area (Å²) in [5, 5.41) is 24.8. The molecule has 0 fully saturated rings. The first-order chi connectivity index (χ1) is 8.88. The van der Waals surface area contributed by atoms with E-state index in [0.717, 1.165) is 6.42 Å². The average Bonchev–Trinajstić information content (AvgIpc) is 2.63. The molecule has 0 spiro atoms. The fraction of sp³-hybridized carbons (Fsp3) is 0.750. The summed E-state index contributed by atoms with van der Waals surface area (Å²) in [5.41, 5.74) is 0.603. The molecular formula is C12H22N4O3. The zero-order valence-corrected chi connectivity index (χ0v) is 12.0. The molecule has 7 heteroatoms. The normalized spacial score (nSPS) is 12.5. The van der Waals surface area contributed by atoms with Gasteiger partial charge in [0.2, 0.25) is 5.82 Å². The van der Waals surface area contributed by atoms with Crippen LogP contribution in [-0.4, -0.2) is 39.5 Å². The highest BCUT2D eigenvalue weighted by molar-refractivity contribution is 5.61. The van der Waals surface area contributed by atoms with Crippen LogP contribution in [0.15, 0.2) is 0 Å². The van der Waals surface area contributed by atoms with Gasteiger partial charge < -0.3 is 10.0 Å². The van der Waals surface area contributed by atoms with Crippen LogP contribution in [0.3, 0.4) is 0 Å². The molecule has 1 aromatic rings. The molecule has 0 aliphatic heterocycles. The van der Waals surface area contributed by atoms with Gasteiger partial charge in [0.1, 0.15) is 5.69 Å². The molecule has 1 aromatic heterocycles. The van der Waals surface area contributed by atoms with Crippen molar-refractivity contribution in [3.63, 3.8) is 0 Å². The van der Waals surface area contributed by atoms with E-state index in [2.05, 4.69) is 5.10 Å². The largest absolute Gasteiger partial charge is 0.393 e. The van der Waals surface area contributed by atoms with Crippen LogP contribution in [0.4, 0.5) is 11.5 Å². The highest BCUT2D eigenvalue weighted by Crippen LogP contribution is 2.31. The molecule has 1 N–H and O–H groups in total. The van der Waals surface area contributed by atoms with Gasteiger partial charge in [0.05, 0.1) is 11.0 Å². The molecule has 1 atom stereocenters. The molecule has 1 rings (SSSR count). The van der Waals surface area contributed by atoms with Crippen LogP contribution in [0.5, 0.6) is 0 Å². The van der Waals surface area contributed by atoms with Crippen molar-refractivity contribution in [2.45, 2.75) is 39.2 Å². The topological polar surface area (TPSA) is 84.4 Å². The number of aromatic nitrogens is 2. The van der Waals surface area contributed by atoms with E-state index in [1.54, 1.807) is 30.6 Å². The van der Waals surface area contributed by atoms with E-state index in [1.165, 1.54) is 0 Å². The second-order valence-corrected chi connectivity index (χ2v) is 4.81. The van der Waals surface area contributed by atoms with Crippen molar-refractivity contribution in [1.82, 2.24) is 9.78 Å². The maximum absolute atomic E-state index is 11.2. The quantitative estimate of drug-likeness (QED) is 0.599. The van der Waals surface area contributed by atoms with E-state index in [-0.39, 0.29) is 10.6 Å². The number of aliphatic hydroxyl groups excluding tert-OH is 1. The number of hydrogen-bond acceptors (Lipinski definition) is 5. The summed E-state index contributed by atoms with van der Waals surface area (Å²) in [6.45, 7) is 4.22. The number of rotatable bonds is 7. The number of aliphatic hydroxyl groups is 1. The minimum absolute atomic E-state index is 0.0810. The predicted molar refractivity (Wildman–Crippen MR) is 73.4 cm³/mol. The molecule has 1 heterocycles. The van der Waals surface area contributed by atoms with E-state index < -0.39 is 6.10 Å². The van der Waals surface area contributed by atoms with Crippen molar-refractivity contribution in [1.29, 1.82) is 0 Å². The SMILES string of the molecule is CCCc1nn(C)c(N(C)CCC(C)O)c1[N+](=O)[O-]. The molecule has 0 amide bonds. The molecule has 0 radical (unpaired) electrons. The highest BCUT2D eigenvalue weighted by atomic mass is 16.6. The molecule has 1 unspecified atom stereocenters. The third-order valence-electron chi connectivity index (χ3n) is 2.98. The average molecular weight is 270 g/mol. The van der Waals surface area contributed by atoms with Crippen LogP contribution in [0, 0.1) is 10.1 Å². The summed E-state index contributed by atoms with van der Waals surface area (Å²) < 4.78 is 1.55. The molecule has 0 aliphatic rings. The van der Waals surface area contributed by atoms with Crippen molar-refractivity contribution in [3.05, 3.63) is 15.8 Å². The Labute approximate surface area is 113 Å². The minimum atomic E-state index is -0.426. The fourth-order valence-electron chi connectivity index (χ4n) is 2.06. The standard InChI is InChI=1S/C12H22N4O3/c1-5-6-10-11(16(18)19)12(15(4)13-10)14(3)8-7-9(2)17/h9,17H,5-8H2,1-4H3. The molecule has 108 valence electrons. The second-order valence-electron chi connectivity index (χ2n) is 4.81. The lowest BCUT2D eigenvalue weighted by Gasteiger charge is -2.19. The monoisotopic (exact) mass is 270 g/mol. The van der Waals surface area contributed by atoms with Gasteiger partial charge >= 0.3 is 5.69 Å². The molecule has 0 aromatic carbocycles. The fourth-order valence-corrected chi connectivity index (χ4v) is 2.06. The van der Waals surface area contributed by atoms with Gasteiger partial charge in [-0.3, -0.25) is 10.1 Å². The molecular weight excluding hydrogens is 248 g/mol. The van der Waals surface area contributed by atoms with Crippen LogP contribution >= 0.6 is 0 Å². The van der Waals surface area contributed by atoms with Gasteiger partial charge in [-0.2, -0.15) is 5.10 Å². The summed E-state index contributed by atoms with van der Waals surface area (Å²) in [7, 11) is 3.49. The Bertz CT molecular complexity index is 442. The van der Waals surface area contributed by atoms with Crippen molar-refractivity contribution in [3.8, 4) is 0 Å². The first kappa shape index (κ1) is 15.4. The van der Waals surface area contributed by atoms with Gasteiger partial charge in [0, 0.05) is 20.6 Å². The molecule has 19 heavy (non-hydrogen) atoms. The van der Waals surface area contributed by atoms with E-state index in [9.17, 15) is 15.2 Å². The lowest BCUT2D eigenvalue weighted by molar-refractivity contribution is -0.384. The smallest absolute Gasteiger partial charge is 0.334 e. The first-order valence-corrected chi connectivity index (χ1v) is 6.47. The third kappa shape index (κ3) is 3.66. The maximum atomic E-state index is 11.2. The summed E-state index contributed by atoms with van der Waals surface area (Å²) in [4.78, 5) is 12.7. The second kappa shape index (κ2) is 6.51. The van der Waals surface area contributed by atoms with E-state index in [0.29, 0.717) is 30.9 Å². The summed E-state index contributed by atoms with van der Waals surface area (Å²) >= 11 is 0. The van der Waals surface area contributed by atoms with Gasteiger partial charge in [-0.05, 0) is 19.8 Å². The molecule has 0 saturated heterocycles. The Morgan fingerprint density at radius 1 is 1.58 bits per heavy atom. The first-order valence-electron chi connectivity index (χ1n) is 6.47. The van der Waals surface area contributed by atoms with Gasteiger partial charge in [0.25, 0.3) is 0 Å². The summed E-state index contributed by atoms with van der Waals surface area (Å²) in [5.74, 6) is 0.495. The number of nitro groups is 1. The van der Waals surface area contributed by atoms with E-state index in [1.807, 2.05) is 6.92 Å². The zero-order valence-electron chi connectivity index (χ0n) is 12.0. The number of hydrogen-bond donors (Lipinski definition) is 1. The Morgan fingerprint density at radius 2 is 2.21 bits per heavy atom. The number of aryl methyl sites for hydroxylation is 2. The third-order valence-corrected chi connectivity index (χ3v) is 2.98. The van der Waals surface area contributed by atoms with Crippen LogP contribution < -0.4 is 4.90 Å². The summed E-state index contributed by atoms with van der Waals surface area (Å²) in [6.07, 6.45) is 1.54. The van der Waals surface area contributed by atoms with Crippen LogP contribution in [0.1, 0.15) is 32.4 Å². The van der Waals surface area contributed by atoms with E-state index in [4.69, 9.17) is 0 Å². The van der Waals surface area contributed by atoms with Crippen LogP contribution in [-0.2, 0) is 13.5 Å². The van der Waals surface area contributed by atoms with Crippen LogP contribution in [0.25, 0.3) is 0 Å². The van der Waals surface area contributed by atoms with Gasteiger partial charge in [-0.1, -0.05) is 13.3 Å². The highest BCUT2D eigenvalue weighted by Gasteiger charge is 2.28. The number of anilines is 1. The van der Waals surface area contributed by atoms with Crippen molar-refractivity contribution >= 4 is 11.5 Å². The van der Waals surface area contributed by atoms with Gasteiger partial charge in [0.15, 0.2) is 0 Å². The maximum Gasteiger partial charge on any atom is 0.334 e. The van der Waals surface area contributed by atoms with Gasteiger partial charge in [-0.25, -0.2) is 4.68 Å².